The van der Waals surface area contributed by atoms with E-state index in [0.717, 1.165) is 12.8 Å². The molecule has 1 rings (SSSR count). The van der Waals surface area contributed by atoms with E-state index in [9.17, 15) is 0 Å². The van der Waals surface area contributed by atoms with Gasteiger partial charge in [-0.25, -0.2) is 0 Å². The first-order valence-corrected chi connectivity index (χ1v) is 9.33. The third-order valence-corrected chi connectivity index (χ3v) is 5.55. The maximum Gasteiger partial charge on any atom is 0.112 e. The highest BCUT2D eigenvalue weighted by Gasteiger charge is 2.18. The van der Waals surface area contributed by atoms with Crippen LogP contribution < -0.4 is 5.19 Å². The Kier molecular flexibility index (Phi) is 5.75. The zero-order chi connectivity index (χ0) is 12.6. The lowest BCUT2D eigenvalue weighted by atomic mass is 10.2. The van der Waals surface area contributed by atoms with Gasteiger partial charge >= 0.3 is 0 Å². The first-order chi connectivity index (χ1) is 8.17. The van der Waals surface area contributed by atoms with Crippen molar-refractivity contribution in [3.63, 3.8) is 0 Å². The maximum absolute atomic E-state index is 3.72. The Morgan fingerprint density at radius 2 is 1.88 bits per heavy atom. The summed E-state index contributed by atoms with van der Waals surface area (Å²) in [5, 5.41) is 1.46. The predicted molar refractivity (Wildman–Crippen MR) is 80.3 cm³/mol. The van der Waals surface area contributed by atoms with Gasteiger partial charge in [0.15, 0.2) is 0 Å². The molecule has 0 spiro atoms. The Morgan fingerprint density at radius 3 is 2.53 bits per heavy atom. The van der Waals surface area contributed by atoms with Crippen LogP contribution in [0.15, 0.2) is 60.5 Å². The highest BCUT2D eigenvalue weighted by Crippen LogP contribution is 2.04. The van der Waals surface area contributed by atoms with Gasteiger partial charge in [-0.3, -0.25) is 0 Å². The molecule has 0 atom stereocenters. The molecule has 90 valence electrons. The van der Waals surface area contributed by atoms with Crippen LogP contribution in [-0.4, -0.2) is 8.07 Å². The molecule has 0 nitrogen and oxygen atoms in total. The van der Waals surface area contributed by atoms with E-state index in [4.69, 9.17) is 0 Å². The fraction of sp³-hybridized carbons (Fsp3) is 0.312. The number of rotatable bonds is 6. The van der Waals surface area contributed by atoms with Gasteiger partial charge in [-0.05, 0) is 31.0 Å². The van der Waals surface area contributed by atoms with Crippen LogP contribution in [0.2, 0.25) is 13.1 Å². The molecule has 0 amide bonds. The predicted octanol–water partition coefficient (Wildman–Crippen LogP) is 4.21. The summed E-state index contributed by atoms with van der Waals surface area (Å²) in [6.45, 7) is 8.43. The molecule has 0 aliphatic rings. The fourth-order valence-corrected chi connectivity index (χ4v) is 3.42. The monoisotopic (exact) mass is 242 g/mol. The lowest BCUT2D eigenvalue weighted by molar-refractivity contribution is 0.870. The molecule has 0 N–H and O–H groups in total. The van der Waals surface area contributed by atoms with Crippen molar-refractivity contribution in [2.45, 2.75) is 32.4 Å². The van der Waals surface area contributed by atoms with E-state index in [1.807, 2.05) is 6.08 Å². The van der Waals surface area contributed by atoms with Crippen molar-refractivity contribution in [2.24, 2.45) is 0 Å². The Bertz CT molecular complexity index is 395. The van der Waals surface area contributed by atoms with Crippen LogP contribution in [0.5, 0.6) is 0 Å². The van der Waals surface area contributed by atoms with Crippen LogP contribution in [0, 0.1) is 0 Å². The van der Waals surface area contributed by atoms with Gasteiger partial charge in [-0.1, -0.05) is 54.7 Å². The Morgan fingerprint density at radius 1 is 1.18 bits per heavy atom. The summed E-state index contributed by atoms with van der Waals surface area (Å²) in [6, 6.07) is 10.8. The third kappa shape index (κ3) is 5.03. The zero-order valence-corrected chi connectivity index (χ0v) is 11.9. The van der Waals surface area contributed by atoms with E-state index in [0.29, 0.717) is 0 Å². The molecule has 0 saturated heterocycles. The van der Waals surface area contributed by atoms with Crippen LogP contribution in [-0.2, 0) is 0 Å². The van der Waals surface area contributed by atoms with E-state index >= 15 is 0 Å². The average molecular weight is 242 g/mol. The fourth-order valence-electron chi connectivity index (χ4n) is 1.67. The largest absolute Gasteiger partial charge is 0.133 e. The number of hydrogen-bond donors (Lipinski definition) is 0. The van der Waals surface area contributed by atoms with Gasteiger partial charge in [0.25, 0.3) is 0 Å². The summed E-state index contributed by atoms with van der Waals surface area (Å²) in [6.07, 6.45) is 7.50. The summed E-state index contributed by atoms with van der Waals surface area (Å²) in [7, 11) is -1.44. The standard InChI is InChI=1S/C16H22Si/c1-4-5-6-7-8-12-15-17(2,3)16-13-10-9-11-14-16/h4,8-11,13-15H,1,5-7H2,2-3H3. The maximum atomic E-state index is 3.72. The van der Waals surface area contributed by atoms with Crippen molar-refractivity contribution >= 4 is 13.3 Å². The van der Waals surface area contributed by atoms with Gasteiger partial charge in [0.05, 0.1) is 0 Å². The molecule has 0 aliphatic carbocycles. The number of unbranched alkanes of at least 4 members (excludes halogenated alkanes) is 2. The van der Waals surface area contributed by atoms with Crippen LogP contribution in [0.25, 0.3) is 0 Å². The van der Waals surface area contributed by atoms with Crippen molar-refractivity contribution in [2.75, 3.05) is 0 Å². The summed E-state index contributed by atoms with van der Waals surface area (Å²) in [5.74, 6) is 0. The van der Waals surface area contributed by atoms with Crippen molar-refractivity contribution in [3.05, 3.63) is 60.5 Å². The normalized spacial score (nSPS) is 10.5. The van der Waals surface area contributed by atoms with E-state index in [2.05, 4.69) is 67.5 Å². The smallest absolute Gasteiger partial charge is 0.112 e. The first-order valence-electron chi connectivity index (χ1n) is 6.25. The molecular weight excluding hydrogens is 220 g/mol. The quantitative estimate of drug-likeness (QED) is 0.303. The van der Waals surface area contributed by atoms with Gasteiger partial charge in [0.1, 0.15) is 8.07 Å². The van der Waals surface area contributed by atoms with Gasteiger partial charge in [-0.15, -0.1) is 12.3 Å². The molecule has 0 saturated carbocycles. The van der Waals surface area contributed by atoms with Crippen LogP contribution in [0.4, 0.5) is 0 Å². The topological polar surface area (TPSA) is 0 Å². The van der Waals surface area contributed by atoms with Crippen molar-refractivity contribution in [3.8, 4) is 0 Å². The Hall–Kier alpha value is -1.30. The molecule has 0 aromatic heterocycles. The van der Waals surface area contributed by atoms with Gasteiger partial charge in [0.2, 0.25) is 0 Å². The molecule has 0 heterocycles. The molecule has 1 aromatic carbocycles. The molecule has 17 heavy (non-hydrogen) atoms. The highest BCUT2D eigenvalue weighted by atomic mass is 28.3. The van der Waals surface area contributed by atoms with E-state index < -0.39 is 8.07 Å². The Balaban J connectivity index is 2.60. The molecule has 1 aromatic rings. The minimum absolute atomic E-state index is 1.09. The second-order valence-corrected chi connectivity index (χ2v) is 9.13. The highest BCUT2D eigenvalue weighted by molar-refractivity contribution is 6.93. The third-order valence-electron chi connectivity index (χ3n) is 2.84. The summed E-state index contributed by atoms with van der Waals surface area (Å²) in [4.78, 5) is 0. The summed E-state index contributed by atoms with van der Waals surface area (Å²) in [5.41, 5.74) is 5.65. The van der Waals surface area contributed by atoms with Crippen molar-refractivity contribution in [1.82, 2.24) is 0 Å². The SMILES string of the molecule is C=CCCCC=C=C[Si](C)(C)c1ccccc1. The second-order valence-electron chi connectivity index (χ2n) is 4.82. The average Bonchev–Trinajstić information content (AvgIpc) is 2.35. The van der Waals surface area contributed by atoms with Crippen LogP contribution in [0.3, 0.4) is 0 Å². The van der Waals surface area contributed by atoms with E-state index in [-0.39, 0.29) is 0 Å². The number of allylic oxidation sites excluding steroid dienone is 2. The molecule has 0 radical (unpaired) electrons. The van der Waals surface area contributed by atoms with Gasteiger partial charge in [0, 0.05) is 0 Å². The molecule has 0 unspecified atom stereocenters. The number of hydrogen-bond acceptors (Lipinski definition) is 0. The lowest BCUT2D eigenvalue weighted by Crippen LogP contribution is -2.39. The Labute approximate surface area is 106 Å². The second kappa shape index (κ2) is 7.11. The van der Waals surface area contributed by atoms with E-state index in [1.165, 1.54) is 11.6 Å². The van der Waals surface area contributed by atoms with Gasteiger partial charge in [-0.2, -0.15) is 0 Å². The number of benzene rings is 1. The van der Waals surface area contributed by atoms with E-state index in [1.54, 1.807) is 0 Å². The summed E-state index contributed by atoms with van der Waals surface area (Å²) < 4.78 is 0. The van der Waals surface area contributed by atoms with Crippen molar-refractivity contribution in [1.29, 1.82) is 0 Å². The minimum atomic E-state index is -1.44. The summed E-state index contributed by atoms with van der Waals surface area (Å²) >= 11 is 0. The van der Waals surface area contributed by atoms with Gasteiger partial charge < -0.3 is 0 Å². The molecular formula is C16H22Si. The van der Waals surface area contributed by atoms with Crippen LogP contribution in [0.1, 0.15) is 19.3 Å². The zero-order valence-electron chi connectivity index (χ0n) is 10.9. The van der Waals surface area contributed by atoms with Crippen LogP contribution >= 0.6 is 0 Å². The molecule has 0 fully saturated rings. The lowest BCUT2D eigenvalue weighted by Gasteiger charge is -2.16. The first kappa shape index (κ1) is 13.8. The minimum Gasteiger partial charge on any atom is -0.133 e. The molecule has 1 heteroatoms. The molecule has 0 aliphatic heterocycles. The van der Waals surface area contributed by atoms with Crippen molar-refractivity contribution < 1.29 is 0 Å². The molecule has 0 bridgehead atoms.